The Morgan fingerprint density at radius 3 is 3.00 bits per heavy atom. The Bertz CT molecular complexity index is 644. The van der Waals surface area contributed by atoms with Gasteiger partial charge in [0.05, 0.1) is 21.3 Å². The van der Waals surface area contributed by atoms with Crippen LogP contribution in [0, 0.1) is 0 Å². The summed E-state index contributed by atoms with van der Waals surface area (Å²) in [6.07, 6.45) is 3.21. The molecule has 1 atom stereocenters. The predicted molar refractivity (Wildman–Crippen MR) is 88.0 cm³/mol. The monoisotopic (exact) mass is 303 g/mol. The first kappa shape index (κ1) is 14.5. The van der Waals surface area contributed by atoms with Gasteiger partial charge in [0, 0.05) is 11.6 Å². The second-order valence-electron chi connectivity index (χ2n) is 5.88. The first-order chi connectivity index (χ1) is 10.1. The molecule has 112 valence electrons. The number of carbonyl (C=O) groups is 1. The number of rotatable bonds is 3. The van der Waals surface area contributed by atoms with Crippen molar-refractivity contribution in [2.75, 3.05) is 11.9 Å². The highest BCUT2D eigenvalue weighted by Gasteiger charge is 2.20. The first-order valence-electron chi connectivity index (χ1n) is 7.58. The molecule has 1 aromatic carbocycles. The van der Waals surface area contributed by atoms with Crippen molar-refractivity contribution in [3.8, 4) is 0 Å². The average molecular weight is 303 g/mol. The highest BCUT2D eigenvalue weighted by Crippen LogP contribution is 2.29. The highest BCUT2D eigenvalue weighted by atomic mass is 32.1. The lowest BCUT2D eigenvalue weighted by atomic mass is 10.0. The fourth-order valence-corrected chi connectivity index (χ4v) is 3.58. The number of benzene rings is 1. The first-order valence-corrected chi connectivity index (χ1v) is 8.40. The topological polar surface area (TPSA) is 54.0 Å². The van der Waals surface area contributed by atoms with Gasteiger partial charge in [0.25, 0.3) is 0 Å². The fourth-order valence-electron chi connectivity index (χ4n) is 2.57. The maximum Gasteiger partial charge on any atom is 0.241 e. The van der Waals surface area contributed by atoms with E-state index >= 15 is 0 Å². The lowest BCUT2D eigenvalue weighted by Gasteiger charge is -2.22. The number of hydrogen-bond donors (Lipinski definition) is 2. The maximum absolute atomic E-state index is 12.2. The molecule has 1 aliphatic heterocycles. The van der Waals surface area contributed by atoms with Gasteiger partial charge in [0.1, 0.15) is 0 Å². The molecule has 3 rings (SSSR count). The van der Waals surface area contributed by atoms with E-state index < -0.39 is 0 Å². The molecule has 0 spiro atoms. The number of aromatic nitrogens is 1. The van der Waals surface area contributed by atoms with Gasteiger partial charge in [-0.05, 0) is 37.6 Å². The molecule has 1 saturated heterocycles. The SMILES string of the molecule is CC(C)c1nc2ccc(NC(=O)C3CCCCN3)cc2s1. The zero-order chi connectivity index (χ0) is 14.8. The number of amides is 1. The molecule has 0 aliphatic carbocycles. The van der Waals surface area contributed by atoms with Crippen LogP contribution < -0.4 is 10.6 Å². The summed E-state index contributed by atoms with van der Waals surface area (Å²) in [4.78, 5) is 16.8. The molecule has 0 saturated carbocycles. The van der Waals surface area contributed by atoms with Crippen LogP contribution in [0.3, 0.4) is 0 Å². The number of anilines is 1. The lowest BCUT2D eigenvalue weighted by Crippen LogP contribution is -2.43. The second kappa shape index (κ2) is 6.12. The molecule has 5 heteroatoms. The highest BCUT2D eigenvalue weighted by molar-refractivity contribution is 7.18. The van der Waals surface area contributed by atoms with E-state index in [1.807, 2.05) is 18.2 Å². The minimum absolute atomic E-state index is 0.0536. The predicted octanol–water partition coefficient (Wildman–Crippen LogP) is 3.50. The van der Waals surface area contributed by atoms with Crippen molar-refractivity contribution in [1.82, 2.24) is 10.3 Å². The Kier molecular flexibility index (Phi) is 4.22. The van der Waals surface area contributed by atoms with Crippen LogP contribution >= 0.6 is 11.3 Å². The van der Waals surface area contributed by atoms with Crippen LogP contribution in [0.4, 0.5) is 5.69 Å². The molecule has 4 nitrogen and oxygen atoms in total. The largest absolute Gasteiger partial charge is 0.325 e. The van der Waals surface area contributed by atoms with Gasteiger partial charge in [-0.3, -0.25) is 4.79 Å². The van der Waals surface area contributed by atoms with Crippen LogP contribution in [-0.2, 0) is 4.79 Å². The molecule has 2 N–H and O–H groups in total. The minimum Gasteiger partial charge on any atom is -0.325 e. The van der Waals surface area contributed by atoms with Gasteiger partial charge in [-0.15, -0.1) is 11.3 Å². The summed E-state index contributed by atoms with van der Waals surface area (Å²) < 4.78 is 1.13. The third-order valence-electron chi connectivity index (χ3n) is 3.79. The zero-order valence-corrected chi connectivity index (χ0v) is 13.3. The van der Waals surface area contributed by atoms with Crippen molar-refractivity contribution in [3.05, 3.63) is 23.2 Å². The Morgan fingerprint density at radius 1 is 1.43 bits per heavy atom. The van der Waals surface area contributed by atoms with Gasteiger partial charge in [0.2, 0.25) is 5.91 Å². The van der Waals surface area contributed by atoms with Crippen LogP contribution in [0.25, 0.3) is 10.2 Å². The van der Waals surface area contributed by atoms with Crippen LogP contribution in [0.1, 0.15) is 44.0 Å². The van der Waals surface area contributed by atoms with Crippen molar-refractivity contribution < 1.29 is 4.79 Å². The normalized spacial score (nSPS) is 19.1. The summed E-state index contributed by atoms with van der Waals surface area (Å²) in [6.45, 7) is 5.23. The summed E-state index contributed by atoms with van der Waals surface area (Å²) in [7, 11) is 0. The fraction of sp³-hybridized carbons (Fsp3) is 0.500. The van der Waals surface area contributed by atoms with Gasteiger partial charge >= 0.3 is 0 Å². The molecule has 0 radical (unpaired) electrons. The molecule has 2 heterocycles. The number of fused-ring (bicyclic) bond motifs is 1. The van der Waals surface area contributed by atoms with Crippen molar-refractivity contribution >= 4 is 33.1 Å². The van der Waals surface area contributed by atoms with Gasteiger partial charge in [-0.2, -0.15) is 0 Å². The van der Waals surface area contributed by atoms with E-state index in [0.29, 0.717) is 5.92 Å². The minimum atomic E-state index is -0.0536. The van der Waals surface area contributed by atoms with Crippen molar-refractivity contribution in [1.29, 1.82) is 0 Å². The summed E-state index contributed by atoms with van der Waals surface area (Å²) in [5.74, 6) is 0.509. The Labute approximate surface area is 129 Å². The average Bonchev–Trinajstić information content (AvgIpc) is 2.91. The third kappa shape index (κ3) is 3.24. The number of carbonyl (C=O) groups excluding carboxylic acids is 1. The Hall–Kier alpha value is -1.46. The van der Waals surface area contributed by atoms with E-state index in [9.17, 15) is 4.79 Å². The van der Waals surface area contributed by atoms with Crippen molar-refractivity contribution in [3.63, 3.8) is 0 Å². The van der Waals surface area contributed by atoms with Gasteiger partial charge < -0.3 is 10.6 Å². The molecule has 0 bridgehead atoms. The van der Waals surface area contributed by atoms with E-state index in [2.05, 4.69) is 29.5 Å². The smallest absolute Gasteiger partial charge is 0.241 e. The molecular weight excluding hydrogens is 282 g/mol. The van der Waals surface area contributed by atoms with Crippen molar-refractivity contribution in [2.45, 2.75) is 45.1 Å². The van der Waals surface area contributed by atoms with Crippen LogP contribution in [0.15, 0.2) is 18.2 Å². The zero-order valence-electron chi connectivity index (χ0n) is 12.5. The van der Waals surface area contributed by atoms with E-state index in [1.165, 1.54) is 0 Å². The van der Waals surface area contributed by atoms with Gasteiger partial charge in [-0.1, -0.05) is 20.3 Å². The second-order valence-corrected chi connectivity index (χ2v) is 6.94. The molecular formula is C16H21N3OS. The summed E-state index contributed by atoms with van der Waals surface area (Å²) in [5, 5.41) is 7.43. The lowest BCUT2D eigenvalue weighted by molar-refractivity contribution is -0.118. The number of thiazole rings is 1. The Morgan fingerprint density at radius 2 is 2.29 bits per heavy atom. The number of piperidine rings is 1. The van der Waals surface area contributed by atoms with Crippen LogP contribution in [-0.4, -0.2) is 23.5 Å². The standard InChI is InChI=1S/C16H21N3OS/c1-10(2)16-19-12-7-6-11(9-14(12)21-16)18-15(20)13-5-3-4-8-17-13/h6-7,9-10,13,17H,3-5,8H2,1-2H3,(H,18,20). The van der Waals surface area contributed by atoms with E-state index in [-0.39, 0.29) is 11.9 Å². The number of nitrogens with zero attached hydrogens (tertiary/aromatic N) is 1. The molecule has 1 unspecified atom stereocenters. The van der Waals surface area contributed by atoms with E-state index in [0.717, 1.165) is 46.7 Å². The van der Waals surface area contributed by atoms with E-state index in [1.54, 1.807) is 11.3 Å². The number of nitrogens with one attached hydrogen (secondary N) is 2. The Balaban J connectivity index is 1.75. The van der Waals surface area contributed by atoms with Gasteiger partial charge in [-0.25, -0.2) is 4.98 Å². The maximum atomic E-state index is 12.2. The molecule has 1 aromatic heterocycles. The summed E-state index contributed by atoms with van der Waals surface area (Å²) in [6, 6.07) is 5.90. The van der Waals surface area contributed by atoms with E-state index in [4.69, 9.17) is 0 Å². The molecule has 1 fully saturated rings. The molecule has 21 heavy (non-hydrogen) atoms. The third-order valence-corrected chi connectivity index (χ3v) is 5.11. The summed E-state index contributed by atoms with van der Waals surface area (Å²) in [5.41, 5.74) is 1.87. The van der Waals surface area contributed by atoms with Crippen LogP contribution in [0.2, 0.25) is 0 Å². The molecule has 1 amide bonds. The number of hydrogen-bond acceptors (Lipinski definition) is 4. The van der Waals surface area contributed by atoms with Crippen molar-refractivity contribution in [2.24, 2.45) is 0 Å². The molecule has 2 aromatic rings. The quantitative estimate of drug-likeness (QED) is 0.912. The summed E-state index contributed by atoms with van der Waals surface area (Å²) >= 11 is 1.70. The van der Waals surface area contributed by atoms with Crippen LogP contribution in [0.5, 0.6) is 0 Å². The molecule has 1 aliphatic rings. The van der Waals surface area contributed by atoms with Gasteiger partial charge in [0.15, 0.2) is 0 Å².